The summed E-state index contributed by atoms with van der Waals surface area (Å²) in [6.07, 6.45) is 5.17. The molecule has 1 fully saturated rings. The molecule has 0 aromatic heterocycles. The Kier molecular flexibility index (Phi) is 3.60. The lowest BCUT2D eigenvalue weighted by atomic mass is 9.99. The molecule has 2 N–H and O–H groups in total. The number of phenolic OH excluding ortho intramolecular Hbond substituents is 1. The summed E-state index contributed by atoms with van der Waals surface area (Å²) in [6.45, 7) is 6.20. The van der Waals surface area contributed by atoms with Gasteiger partial charge in [-0.2, -0.15) is 0 Å². The summed E-state index contributed by atoms with van der Waals surface area (Å²) in [5, 5.41) is 13.6. The van der Waals surface area contributed by atoms with Gasteiger partial charge in [-0.15, -0.1) is 0 Å². The quantitative estimate of drug-likeness (QED) is 0.827. The molecule has 2 nitrogen and oxygen atoms in total. The van der Waals surface area contributed by atoms with Crippen LogP contribution in [0.3, 0.4) is 0 Å². The fraction of sp³-hybridized carbons (Fsp3) is 0.600. The SMILES string of the molecule is CCC1CCCC1Nc1ccc(C)c(O)c1C. The molecule has 2 rings (SSSR count). The molecule has 0 aliphatic heterocycles. The highest BCUT2D eigenvalue weighted by molar-refractivity contribution is 5.59. The van der Waals surface area contributed by atoms with E-state index in [-0.39, 0.29) is 0 Å². The van der Waals surface area contributed by atoms with Crippen molar-refractivity contribution in [3.05, 3.63) is 23.3 Å². The normalized spacial score (nSPS) is 23.9. The Bertz CT molecular complexity index is 400. The van der Waals surface area contributed by atoms with Crippen molar-refractivity contribution in [1.82, 2.24) is 0 Å². The zero-order valence-corrected chi connectivity index (χ0v) is 11.1. The zero-order chi connectivity index (χ0) is 12.4. The fourth-order valence-electron chi connectivity index (χ4n) is 2.91. The molecule has 17 heavy (non-hydrogen) atoms. The van der Waals surface area contributed by atoms with E-state index in [1.807, 2.05) is 19.9 Å². The fourth-order valence-corrected chi connectivity index (χ4v) is 2.91. The first-order valence-corrected chi connectivity index (χ1v) is 6.69. The minimum atomic E-state index is 0.432. The van der Waals surface area contributed by atoms with Crippen LogP contribution in [0.15, 0.2) is 12.1 Å². The van der Waals surface area contributed by atoms with Gasteiger partial charge in [0.05, 0.1) is 0 Å². The van der Waals surface area contributed by atoms with E-state index in [2.05, 4.69) is 18.3 Å². The number of rotatable bonds is 3. The molecule has 1 saturated carbocycles. The molecule has 0 amide bonds. The molecule has 0 radical (unpaired) electrons. The van der Waals surface area contributed by atoms with E-state index >= 15 is 0 Å². The molecule has 1 aromatic carbocycles. The molecule has 2 unspecified atom stereocenters. The van der Waals surface area contributed by atoms with Crippen molar-refractivity contribution in [2.45, 2.75) is 52.5 Å². The van der Waals surface area contributed by atoms with Gasteiger partial charge in [0.1, 0.15) is 5.75 Å². The van der Waals surface area contributed by atoms with Crippen LogP contribution in [0, 0.1) is 19.8 Å². The zero-order valence-electron chi connectivity index (χ0n) is 11.1. The Labute approximate surface area is 104 Å². The Morgan fingerprint density at radius 3 is 2.76 bits per heavy atom. The van der Waals surface area contributed by atoms with Gasteiger partial charge in [-0.25, -0.2) is 0 Å². The van der Waals surface area contributed by atoms with Gasteiger partial charge in [-0.05, 0) is 44.2 Å². The number of phenols is 1. The first-order valence-electron chi connectivity index (χ1n) is 6.69. The molecule has 94 valence electrons. The molecule has 1 aromatic rings. The Balaban J connectivity index is 2.16. The Hall–Kier alpha value is -1.18. The average molecular weight is 233 g/mol. The van der Waals surface area contributed by atoms with Crippen LogP contribution in [-0.4, -0.2) is 11.1 Å². The minimum absolute atomic E-state index is 0.432. The van der Waals surface area contributed by atoms with Gasteiger partial charge in [0.2, 0.25) is 0 Å². The van der Waals surface area contributed by atoms with Crippen LogP contribution in [0.4, 0.5) is 5.69 Å². The largest absolute Gasteiger partial charge is 0.507 e. The van der Waals surface area contributed by atoms with Crippen molar-refractivity contribution < 1.29 is 5.11 Å². The Morgan fingerprint density at radius 2 is 2.06 bits per heavy atom. The van der Waals surface area contributed by atoms with Gasteiger partial charge < -0.3 is 10.4 Å². The number of anilines is 1. The van der Waals surface area contributed by atoms with E-state index in [0.29, 0.717) is 11.8 Å². The van der Waals surface area contributed by atoms with Crippen LogP contribution < -0.4 is 5.32 Å². The van der Waals surface area contributed by atoms with E-state index in [9.17, 15) is 5.11 Å². The average Bonchev–Trinajstić information content (AvgIpc) is 2.77. The van der Waals surface area contributed by atoms with Crippen molar-refractivity contribution in [1.29, 1.82) is 0 Å². The first-order chi connectivity index (χ1) is 8.13. The third kappa shape index (κ3) is 2.41. The third-order valence-corrected chi connectivity index (χ3v) is 4.16. The number of aryl methyl sites for hydroxylation is 1. The van der Waals surface area contributed by atoms with Crippen LogP contribution in [0.5, 0.6) is 5.75 Å². The summed E-state index contributed by atoms with van der Waals surface area (Å²) in [4.78, 5) is 0. The van der Waals surface area contributed by atoms with Gasteiger partial charge in [0.15, 0.2) is 0 Å². The van der Waals surface area contributed by atoms with E-state index in [1.54, 1.807) is 0 Å². The summed E-state index contributed by atoms with van der Waals surface area (Å²) in [5.74, 6) is 1.22. The highest BCUT2D eigenvalue weighted by atomic mass is 16.3. The van der Waals surface area contributed by atoms with Gasteiger partial charge in [-0.3, -0.25) is 0 Å². The topological polar surface area (TPSA) is 32.3 Å². The van der Waals surface area contributed by atoms with Crippen molar-refractivity contribution in [3.8, 4) is 5.75 Å². The number of hydrogen-bond acceptors (Lipinski definition) is 2. The maximum atomic E-state index is 9.94. The van der Waals surface area contributed by atoms with Gasteiger partial charge in [0.25, 0.3) is 0 Å². The summed E-state index contributed by atoms with van der Waals surface area (Å²) < 4.78 is 0. The lowest BCUT2D eigenvalue weighted by Crippen LogP contribution is -2.23. The standard InChI is InChI=1S/C15H23NO/c1-4-12-6-5-7-14(12)16-13-9-8-10(2)15(17)11(13)3/h8-9,12,14,16-17H,4-7H2,1-3H3. The molecule has 0 heterocycles. The van der Waals surface area contributed by atoms with Crippen LogP contribution in [0.1, 0.15) is 43.7 Å². The summed E-state index contributed by atoms with van der Waals surface area (Å²) in [6, 6.07) is 4.66. The predicted molar refractivity (Wildman–Crippen MR) is 72.6 cm³/mol. The molecular weight excluding hydrogens is 210 g/mol. The highest BCUT2D eigenvalue weighted by Crippen LogP contribution is 2.34. The van der Waals surface area contributed by atoms with Crippen molar-refractivity contribution in [3.63, 3.8) is 0 Å². The number of aromatic hydroxyl groups is 1. The Morgan fingerprint density at radius 1 is 1.29 bits per heavy atom. The minimum Gasteiger partial charge on any atom is -0.507 e. The molecule has 2 atom stereocenters. The third-order valence-electron chi connectivity index (χ3n) is 4.16. The monoisotopic (exact) mass is 233 g/mol. The van der Waals surface area contributed by atoms with Gasteiger partial charge in [-0.1, -0.05) is 25.8 Å². The predicted octanol–water partition coefficient (Wildman–Crippen LogP) is 4.00. The maximum Gasteiger partial charge on any atom is 0.123 e. The molecule has 1 aliphatic carbocycles. The number of hydrogen-bond donors (Lipinski definition) is 2. The van der Waals surface area contributed by atoms with Crippen LogP contribution in [0.25, 0.3) is 0 Å². The van der Waals surface area contributed by atoms with Crippen molar-refractivity contribution >= 4 is 5.69 Å². The second-order valence-corrected chi connectivity index (χ2v) is 5.25. The molecular formula is C15H23NO. The van der Waals surface area contributed by atoms with Gasteiger partial charge >= 0.3 is 0 Å². The van der Waals surface area contributed by atoms with Gasteiger partial charge in [0, 0.05) is 17.3 Å². The van der Waals surface area contributed by atoms with Crippen LogP contribution >= 0.6 is 0 Å². The molecule has 0 bridgehead atoms. The van der Waals surface area contributed by atoms with E-state index in [0.717, 1.165) is 22.7 Å². The lowest BCUT2D eigenvalue weighted by molar-refractivity contribution is 0.465. The van der Waals surface area contributed by atoms with Crippen LogP contribution in [-0.2, 0) is 0 Å². The maximum absolute atomic E-state index is 9.94. The van der Waals surface area contributed by atoms with Crippen molar-refractivity contribution in [2.75, 3.05) is 5.32 Å². The number of benzene rings is 1. The smallest absolute Gasteiger partial charge is 0.123 e. The summed E-state index contributed by atoms with van der Waals surface area (Å²) >= 11 is 0. The van der Waals surface area contributed by atoms with E-state index in [4.69, 9.17) is 0 Å². The molecule has 0 spiro atoms. The summed E-state index contributed by atoms with van der Waals surface area (Å²) in [7, 11) is 0. The summed E-state index contributed by atoms with van der Waals surface area (Å²) in [5.41, 5.74) is 3.02. The van der Waals surface area contributed by atoms with E-state index in [1.165, 1.54) is 25.7 Å². The molecule has 0 saturated heterocycles. The van der Waals surface area contributed by atoms with Crippen LogP contribution in [0.2, 0.25) is 0 Å². The molecule has 1 aliphatic rings. The number of nitrogens with one attached hydrogen (secondary N) is 1. The lowest BCUT2D eigenvalue weighted by Gasteiger charge is -2.22. The van der Waals surface area contributed by atoms with E-state index < -0.39 is 0 Å². The van der Waals surface area contributed by atoms with Crippen molar-refractivity contribution in [2.24, 2.45) is 5.92 Å². The second-order valence-electron chi connectivity index (χ2n) is 5.25. The second kappa shape index (κ2) is 4.99. The molecule has 2 heteroatoms. The highest BCUT2D eigenvalue weighted by Gasteiger charge is 2.26. The first kappa shape index (κ1) is 12.3.